The van der Waals surface area contributed by atoms with Crippen LogP contribution in [-0.4, -0.2) is 19.5 Å². The summed E-state index contributed by atoms with van der Waals surface area (Å²) >= 11 is 1.69. The minimum atomic E-state index is 0.0521. The molecule has 0 spiro atoms. The maximum Gasteiger partial charge on any atom is 0.279 e. The summed E-state index contributed by atoms with van der Waals surface area (Å²) < 4.78 is 0. The lowest BCUT2D eigenvalue weighted by Crippen LogP contribution is -3.08. The maximum absolute atomic E-state index is 12.1. The second-order valence-corrected chi connectivity index (χ2v) is 7.60. The molecule has 1 atom stereocenters. The summed E-state index contributed by atoms with van der Waals surface area (Å²) in [5, 5.41) is 7.17. The minimum absolute atomic E-state index is 0.0521. The van der Waals surface area contributed by atoms with Gasteiger partial charge in [0.15, 0.2) is 6.54 Å². The molecule has 2 rings (SSSR count). The van der Waals surface area contributed by atoms with Gasteiger partial charge in [-0.3, -0.25) is 4.79 Å². The number of hydrogen-bond acceptors (Lipinski definition) is 2. The first-order valence-electron chi connectivity index (χ1n) is 7.57. The van der Waals surface area contributed by atoms with Crippen LogP contribution in [0.15, 0.2) is 41.1 Å². The predicted octanol–water partition coefficient (Wildman–Crippen LogP) is 2.70. The topological polar surface area (TPSA) is 33.5 Å². The zero-order chi connectivity index (χ0) is 16.2. The molecular formula is C18H25N2OS+. The van der Waals surface area contributed by atoms with Gasteiger partial charge in [-0.1, -0.05) is 32.9 Å². The Morgan fingerprint density at radius 3 is 2.41 bits per heavy atom. The van der Waals surface area contributed by atoms with Gasteiger partial charge in [-0.2, -0.15) is 11.3 Å². The first-order chi connectivity index (χ1) is 10.3. The molecular weight excluding hydrogens is 292 g/mol. The molecule has 0 aliphatic rings. The van der Waals surface area contributed by atoms with E-state index in [2.05, 4.69) is 55.0 Å². The summed E-state index contributed by atoms with van der Waals surface area (Å²) in [5.41, 5.74) is 3.55. The molecule has 2 aromatic rings. The average Bonchev–Trinajstić information content (AvgIpc) is 2.90. The largest absolute Gasteiger partial charge is 0.326 e. The number of benzene rings is 1. The van der Waals surface area contributed by atoms with E-state index in [4.69, 9.17) is 0 Å². The van der Waals surface area contributed by atoms with Crippen molar-refractivity contribution in [2.75, 3.05) is 18.9 Å². The molecule has 1 aromatic heterocycles. The molecule has 118 valence electrons. The lowest BCUT2D eigenvalue weighted by atomic mass is 9.87. The molecule has 0 bridgehead atoms. The number of carbonyl (C=O) groups excluding carboxylic acids is 1. The Morgan fingerprint density at radius 2 is 1.86 bits per heavy atom. The maximum atomic E-state index is 12.1. The lowest BCUT2D eigenvalue weighted by molar-refractivity contribution is -0.885. The van der Waals surface area contributed by atoms with E-state index >= 15 is 0 Å². The van der Waals surface area contributed by atoms with Crippen molar-refractivity contribution >= 4 is 22.9 Å². The van der Waals surface area contributed by atoms with Gasteiger partial charge in [0, 0.05) is 11.3 Å². The summed E-state index contributed by atoms with van der Waals surface area (Å²) in [5.74, 6) is 0.0521. The molecule has 0 fully saturated rings. The number of anilines is 1. The van der Waals surface area contributed by atoms with Crippen LogP contribution in [0, 0.1) is 0 Å². The smallest absolute Gasteiger partial charge is 0.279 e. The summed E-state index contributed by atoms with van der Waals surface area (Å²) in [6, 6.07) is 10.2. The molecule has 1 heterocycles. The Bertz CT molecular complexity index is 597. The minimum Gasteiger partial charge on any atom is -0.326 e. The average molecular weight is 317 g/mol. The van der Waals surface area contributed by atoms with E-state index in [-0.39, 0.29) is 11.3 Å². The van der Waals surface area contributed by atoms with Gasteiger partial charge in [-0.25, -0.2) is 0 Å². The highest BCUT2D eigenvalue weighted by Gasteiger charge is 2.14. The Labute approximate surface area is 137 Å². The molecule has 22 heavy (non-hydrogen) atoms. The van der Waals surface area contributed by atoms with Crippen LogP contribution in [0.3, 0.4) is 0 Å². The van der Waals surface area contributed by atoms with Crippen LogP contribution in [0.1, 0.15) is 31.9 Å². The summed E-state index contributed by atoms with van der Waals surface area (Å²) in [6.45, 7) is 7.90. The van der Waals surface area contributed by atoms with E-state index in [1.165, 1.54) is 16.0 Å². The number of hydrogen-bond donors (Lipinski definition) is 2. The number of nitrogens with one attached hydrogen (secondary N) is 2. The van der Waals surface area contributed by atoms with E-state index < -0.39 is 0 Å². The van der Waals surface area contributed by atoms with Crippen molar-refractivity contribution in [2.45, 2.75) is 32.7 Å². The fraction of sp³-hybridized carbons (Fsp3) is 0.389. The molecule has 0 saturated carbocycles. The number of rotatable bonds is 5. The van der Waals surface area contributed by atoms with E-state index in [1.54, 1.807) is 11.3 Å². The van der Waals surface area contributed by atoms with Crippen molar-refractivity contribution < 1.29 is 9.69 Å². The van der Waals surface area contributed by atoms with Crippen LogP contribution in [-0.2, 0) is 16.8 Å². The van der Waals surface area contributed by atoms with Crippen molar-refractivity contribution in [3.05, 3.63) is 52.2 Å². The quantitative estimate of drug-likeness (QED) is 0.873. The zero-order valence-electron chi connectivity index (χ0n) is 13.8. The van der Waals surface area contributed by atoms with Crippen molar-refractivity contribution in [2.24, 2.45) is 0 Å². The fourth-order valence-electron chi connectivity index (χ4n) is 2.34. The van der Waals surface area contributed by atoms with Crippen molar-refractivity contribution in [3.63, 3.8) is 0 Å². The molecule has 1 aromatic carbocycles. The van der Waals surface area contributed by atoms with E-state index in [1.807, 2.05) is 19.2 Å². The highest BCUT2D eigenvalue weighted by atomic mass is 32.1. The van der Waals surface area contributed by atoms with Crippen LogP contribution in [0.5, 0.6) is 0 Å². The zero-order valence-corrected chi connectivity index (χ0v) is 14.6. The van der Waals surface area contributed by atoms with E-state index in [0.717, 1.165) is 12.2 Å². The van der Waals surface area contributed by atoms with Gasteiger partial charge >= 0.3 is 0 Å². The Hall–Kier alpha value is -1.65. The number of quaternary nitrogens is 1. The second-order valence-electron chi connectivity index (χ2n) is 6.82. The van der Waals surface area contributed by atoms with Crippen LogP contribution >= 0.6 is 11.3 Å². The summed E-state index contributed by atoms with van der Waals surface area (Å²) in [6.07, 6.45) is 0. The fourth-order valence-corrected chi connectivity index (χ4v) is 3.01. The van der Waals surface area contributed by atoms with Gasteiger partial charge in [0.2, 0.25) is 0 Å². The van der Waals surface area contributed by atoms with Crippen LogP contribution in [0.2, 0.25) is 0 Å². The third kappa shape index (κ3) is 4.97. The molecule has 1 unspecified atom stereocenters. The summed E-state index contributed by atoms with van der Waals surface area (Å²) in [7, 11) is 2.04. The van der Waals surface area contributed by atoms with Gasteiger partial charge in [0.1, 0.15) is 6.54 Å². The molecule has 0 aliphatic carbocycles. The molecule has 0 radical (unpaired) electrons. The third-order valence-corrected chi connectivity index (χ3v) is 4.32. The predicted molar refractivity (Wildman–Crippen MR) is 93.5 cm³/mol. The Balaban J connectivity index is 1.86. The van der Waals surface area contributed by atoms with Gasteiger partial charge in [-0.05, 0) is 39.9 Å². The van der Waals surface area contributed by atoms with Crippen molar-refractivity contribution in [3.8, 4) is 0 Å². The normalized spacial score (nSPS) is 12.9. The third-order valence-electron chi connectivity index (χ3n) is 3.58. The molecule has 0 saturated heterocycles. The van der Waals surface area contributed by atoms with Gasteiger partial charge in [-0.15, -0.1) is 0 Å². The number of amides is 1. The van der Waals surface area contributed by atoms with Gasteiger partial charge in [0.25, 0.3) is 5.91 Å². The number of carbonyl (C=O) groups is 1. The monoisotopic (exact) mass is 317 g/mol. The molecule has 3 nitrogen and oxygen atoms in total. The van der Waals surface area contributed by atoms with Crippen LogP contribution in [0.4, 0.5) is 5.69 Å². The standard InChI is InChI=1S/C18H24N2OS/c1-18(2,3)15-5-7-16(8-6-15)19-17(21)12-20(4)11-14-9-10-22-13-14/h5-10,13H,11-12H2,1-4H3,(H,19,21)/p+1. The molecule has 1 amide bonds. The van der Waals surface area contributed by atoms with Crippen molar-refractivity contribution in [1.29, 1.82) is 0 Å². The highest BCUT2D eigenvalue weighted by molar-refractivity contribution is 7.07. The van der Waals surface area contributed by atoms with Gasteiger partial charge < -0.3 is 10.2 Å². The van der Waals surface area contributed by atoms with E-state index in [0.29, 0.717) is 6.54 Å². The number of thiophene rings is 1. The first kappa shape index (κ1) is 16.7. The molecule has 2 N–H and O–H groups in total. The Morgan fingerprint density at radius 1 is 1.18 bits per heavy atom. The SMILES string of the molecule is C[NH+](CC(=O)Nc1ccc(C(C)(C)C)cc1)Cc1ccsc1. The number of likely N-dealkylation sites (N-methyl/N-ethyl adjacent to an activating group) is 1. The van der Waals surface area contributed by atoms with Crippen LogP contribution < -0.4 is 10.2 Å². The Kier molecular flexibility index (Phi) is 5.37. The lowest BCUT2D eigenvalue weighted by Gasteiger charge is -2.19. The highest BCUT2D eigenvalue weighted by Crippen LogP contribution is 2.23. The van der Waals surface area contributed by atoms with Crippen molar-refractivity contribution in [1.82, 2.24) is 0 Å². The molecule has 4 heteroatoms. The van der Waals surface area contributed by atoms with Crippen LogP contribution in [0.25, 0.3) is 0 Å². The molecule has 0 aliphatic heterocycles. The van der Waals surface area contributed by atoms with Gasteiger partial charge in [0.05, 0.1) is 7.05 Å². The summed E-state index contributed by atoms with van der Waals surface area (Å²) in [4.78, 5) is 13.3. The second kappa shape index (κ2) is 7.07. The van der Waals surface area contributed by atoms with E-state index in [9.17, 15) is 4.79 Å². The first-order valence-corrected chi connectivity index (χ1v) is 8.51.